The number of aliphatic hydroxyl groups excluding tert-OH is 1. The Balaban J connectivity index is 2.74. The summed E-state index contributed by atoms with van der Waals surface area (Å²) in [6, 6.07) is 8.60. The molecule has 0 unspecified atom stereocenters. The van der Waals surface area contributed by atoms with Crippen LogP contribution < -0.4 is 0 Å². The third-order valence-corrected chi connectivity index (χ3v) is 6.85. The second kappa shape index (κ2) is 4.29. The number of rotatable bonds is 3. The fraction of sp³-hybridized carbons (Fsp3) is 0.455. The van der Waals surface area contributed by atoms with Crippen LogP contribution in [-0.2, 0) is 5.25 Å². The number of aliphatic hydroxyl groups is 1. The third-order valence-electron chi connectivity index (χ3n) is 2.19. The van der Waals surface area contributed by atoms with Gasteiger partial charge in [0.05, 0.1) is 0 Å². The fourth-order valence-corrected chi connectivity index (χ4v) is 4.45. The van der Waals surface area contributed by atoms with E-state index in [1.165, 1.54) is 11.1 Å². The van der Waals surface area contributed by atoms with Gasteiger partial charge in [0.2, 0.25) is 0 Å². The zero-order valence-corrected chi connectivity index (χ0v) is 10.8. The van der Waals surface area contributed by atoms with Crippen LogP contribution >= 0.6 is 0 Å². The molecule has 0 amide bonds. The monoisotopic (exact) mass is 240 g/mol. The summed E-state index contributed by atoms with van der Waals surface area (Å²) in [6.07, 6.45) is 0. The second-order valence-corrected chi connectivity index (χ2v) is 15.0. The zero-order chi connectivity index (χ0) is 9.90. The molecular formula is C11H18GeO. The Morgan fingerprint density at radius 2 is 2.00 bits per heavy atom. The first-order valence-electron chi connectivity index (χ1n) is 4.70. The van der Waals surface area contributed by atoms with E-state index in [2.05, 4.69) is 42.7 Å². The van der Waals surface area contributed by atoms with Crippen molar-refractivity contribution in [3.8, 4) is 0 Å². The van der Waals surface area contributed by atoms with E-state index in [0.29, 0.717) is 5.44 Å². The van der Waals surface area contributed by atoms with Crippen molar-refractivity contribution in [1.82, 2.24) is 0 Å². The summed E-state index contributed by atoms with van der Waals surface area (Å²) < 4.78 is 0. The molecule has 1 aromatic rings. The van der Waals surface area contributed by atoms with Gasteiger partial charge >= 0.3 is 82.9 Å². The predicted octanol–water partition coefficient (Wildman–Crippen LogP) is 2.32. The van der Waals surface area contributed by atoms with Crippen LogP contribution in [0, 0.1) is 6.92 Å². The van der Waals surface area contributed by atoms with Crippen molar-refractivity contribution in [1.29, 1.82) is 0 Å². The summed E-state index contributed by atoms with van der Waals surface area (Å²) in [6.45, 7) is 2.11. The summed E-state index contributed by atoms with van der Waals surface area (Å²) >= 11 is -1.87. The Bertz CT molecular complexity index is 281. The molecule has 1 N–H and O–H groups in total. The SMILES string of the molecule is Cc1cccc([CH2][Ge]([CH3])([CH3])[CH2]O)c1. The molecule has 0 saturated carbocycles. The zero-order valence-electron chi connectivity index (χ0n) is 8.67. The maximum absolute atomic E-state index is 9.21. The Labute approximate surface area is 83.2 Å². The molecule has 0 saturated heterocycles. The van der Waals surface area contributed by atoms with E-state index in [0.717, 1.165) is 5.25 Å². The second-order valence-electron chi connectivity index (χ2n) is 4.49. The standard InChI is InChI=1S/C11H18GeO/c1-10-5-4-6-11(7-10)8-12(2,3)9-13/h4-7,13H,8-9H2,1-3H3. The van der Waals surface area contributed by atoms with E-state index < -0.39 is 13.3 Å². The normalized spacial score (nSPS) is 11.7. The number of hydrogen-bond donors (Lipinski definition) is 1. The molecule has 0 aliphatic heterocycles. The van der Waals surface area contributed by atoms with E-state index in [1.54, 1.807) is 0 Å². The van der Waals surface area contributed by atoms with Crippen molar-refractivity contribution in [2.45, 2.75) is 23.7 Å². The van der Waals surface area contributed by atoms with Gasteiger partial charge in [-0.05, 0) is 0 Å². The minimum atomic E-state index is -1.87. The van der Waals surface area contributed by atoms with Crippen LogP contribution in [0.25, 0.3) is 0 Å². The molecule has 1 rings (SSSR count). The van der Waals surface area contributed by atoms with E-state index in [-0.39, 0.29) is 0 Å². The van der Waals surface area contributed by atoms with Gasteiger partial charge in [-0.25, -0.2) is 0 Å². The van der Waals surface area contributed by atoms with Gasteiger partial charge in [0.1, 0.15) is 0 Å². The van der Waals surface area contributed by atoms with Crippen molar-refractivity contribution < 1.29 is 5.11 Å². The third kappa shape index (κ3) is 3.53. The summed E-state index contributed by atoms with van der Waals surface area (Å²) in [5.74, 6) is 4.53. The summed E-state index contributed by atoms with van der Waals surface area (Å²) in [5.41, 5.74) is 3.13. The van der Waals surface area contributed by atoms with E-state index >= 15 is 0 Å². The molecule has 0 aliphatic rings. The summed E-state index contributed by atoms with van der Waals surface area (Å²) in [7, 11) is 0. The average molecular weight is 239 g/mol. The van der Waals surface area contributed by atoms with Gasteiger partial charge in [-0.3, -0.25) is 0 Å². The van der Waals surface area contributed by atoms with Gasteiger partial charge in [-0.1, -0.05) is 0 Å². The Morgan fingerprint density at radius 1 is 1.31 bits per heavy atom. The van der Waals surface area contributed by atoms with E-state index in [1.807, 2.05) is 0 Å². The summed E-state index contributed by atoms with van der Waals surface area (Å²) in [5, 5.41) is 10.3. The van der Waals surface area contributed by atoms with Gasteiger partial charge < -0.3 is 0 Å². The molecule has 2 heteroatoms. The molecule has 0 atom stereocenters. The average Bonchev–Trinajstić information content (AvgIpc) is 2.03. The van der Waals surface area contributed by atoms with Crippen LogP contribution in [0.1, 0.15) is 11.1 Å². The van der Waals surface area contributed by atoms with Crippen LogP contribution in [0.4, 0.5) is 0 Å². The van der Waals surface area contributed by atoms with Crippen molar-refractivity contribution in [3.05, 3.63) is 35.4 Å². The molecule has 0 aromatic heterocycles. The number of benzene rings is 1. The predicted molar refractivity (Wildman–Crippen MR) is 59.5 cm³/mol. The van der Waals surface area contributed by atoms with Crippen LogP contribution in [0.5, 0.6) is 0 Å². The molecule has 0 fully saturated rings. The van der Waals surface area contributed by atoms with Crippen LogP contribution in [-0.4, -0.2) is 23.8 Å². The van der Waals surface area contributed by atoms with Gasteiger partial charge in [0.25, 0.3) is 0 Å². The molecule has 13 heavy (non-hydrogen) atoms. The molecule has 0 bridgehead atoms. The fourth-order valence-electron chi connectivity index (χ4n) is 1.43. The van der Waals surface area contributed by atoms with E-state index in [4.69, 9.17) is 0 Å². The van der Waals surface area contributed by atoms with Gasteiger partial charge in [0, 0.05) is 0 Å². The van der Waals surface area contributed by atoms with Crippen LogP contribution in [0.3, 0.4) is 0 Å². The van der Waals surface area contributed by atoms with E-state index in [9.17, 15) is 5.11 Å². The molecule has 0 spiro atoms. The van der Waals surface area contributed by atoms with Crippen molar-refractivity contribution in [2.75, 3.05) is 5.44 Å². The molecule has 72 valence electrons. The molecule has 0 radical (unpaired) electrons. The Hall–Kier alpha value is -0.277. The van der Waals surface area contributed by atoms with Crippen LogP contribution in [0.15, 0.2) is 24.3 Å². The van der Waals surface area contributed by atoms with Crippen molar-refractivity contribution >= 4 is 13.3 Å². The Kier molecular flexibility index (Phi) is 3.57. The first kappa shape index (κ1) is 10.8. The maximum atomic E-state index is 9.21. The number of aryl methyl sites for hydroxylation is 1. The first-order chi connectivity index (χ1) is 6.03. The van der Waals surface area contributed by atoms with Crippen molar-refractivity contribution in [2.24, 2.45) is 0 Å². The van der Waals surface area contributed by atoms with Crippen molar-refractivity contribution in [3.63, 3.8) is 0 Å². The number of hydrogen-bond acceptors (Lipinski definition) is 1. The van der Waals surface area contributed by atoms with Gasteiger partial charge in [-0.2, -0.15) is 0 Å². The first-order valence-corrected chi connectivity index (χ1v) is 11.9. The topological polar surface area (TPSA) is 20.2 Å². The molecule has 0 heterocycles. The van der Waals surface area contributed by atoms with Gasteiger partial charge in [-0.15, -0.1) is 0 Å². The molecule has 1 nitrogen and oxygen atoms in total. The minimum absolute atomic E-state index is 0.425. The molecule has 1 aromatic carbocycles. The van der Waals surface area contributed by atoms with Crippen LogP contribution in [0.2, 0.25) is 11.5 Å². The summed E-state index contributed by atoms with van der Waals surface area (Å²) in [4.78, 5) is 0. The quantitative estimate of drug-likeness (QED) is 0.802. The Morgan fingerprint density at radius 3 is 2.54 bits per heavy atom. The van der Waals surface area contributed by atoms with Gasteiger partial charge in [0.15, 0.2) is 0 Å². The molecule has 0 aliphatic carbocycles. The molecular weight excluding hydrogens is 221 g/mol.